The molecule has 4 nitrogen and oxygen atoms in total. The summed E-state index contributed by atoms with van der Waals surface area (Å²) in [7, 11) is 1.69. The highest BCUT2D eigenvalue weighted by Gasteiger charge is 2.28. The van der Waals surface area contributed by atoms with Crippen LogP contribution >= 0.6 is 24.0 Å². The average Bonchev–Trinajstić information content (AvgIpc) is 2.87. The second-order valence-electron chi connectivity index (χ2n) is 5.82. The molecule has 0 radical (unpaired) electrons. The van der Waals surface area contributed by atoms with Crippen LogP contribution in [0.3, 0.4) is 0 Å². The third-order valence-electron chi connectivity index (χ3n) is 3.77. The highest BCUT2D eigenvalue weighted by Crippen LogP contribution is 2.31. The number of thiocarbonyl (C=S) groups is 1. The lowest BCUT2D eigenvalue weighted by molar-refractivity contribution is -0.121. The molecule has 0 spiro atoms. The van der Waals surface area contributed by atoms with Gasteiger partial charge in [0.25, 0.3) is 5.91 Å². The van der Waals surface area contributed by atoms with Crippen LogP contribution in [0.1, 0.15) is 11.1 Å². The van der Waals surface area contributed by atoms with Crippen LogP contribution in [0.4, 0.5) is 0 Å². The minimum atomic E-state index is -0.0615. The topological polar surface area (TPSA) is 38.8 Å². The monoisotopic (exact) mass is 385 g/mol. The molecule has 3 rings (SSSR count). The van der Waals surface area contributed by atoms with E-state index < -0.39 is 0 Å². The maximum atomic E-state index is 12.0. The van der Waals surface area contributed by atoms with Crippen molar-refractivity contribution in [1.82, 2.24) is 4.90 Å². The van der Waals surface area contributed by atoms with Gasteiger partial charge in [-0.25, -0.2) is 0 Å². The molecule has 0 unspecified atom stereocenters. The maximum absolute atomic E-state index is 12.0. The van der Waals surface area contributed by atoms with Crippen LogP contribution in [0.15, 0.2) is 53.4 Å². The zero-order valence-corrected chi connectivity index (χ0v) is 16.2. The van der Waals surface area contributed by atoms with Crippen LogP contribution < -0.4 is 9.47 Å². The Labute approximate surface area is 162 Å². The molecule has 1 aliphatic heterocycles. The molecular formula is C20H19NO3S2. The number of thioether (sulfide) groups is 1. The van der Waals surface area contributed by atoms with E-state index in [2.05, 4.69) is 0 Å². The molecule has 0 aliphatic carbocycles. The predicted octanol–water partition coefficient (Wildman–Crippen LogP) is 4.28. The van der Waals surface area contributed by atoms with Gasteiger partial charge in [-0.3, -0.25) is 9.69 Å². The number of amides is 1. The molecule has 1 aliphatic rings. The molecule has 0 saturated carbocycles. The number of carbonyl (C=O) groups excluding carboxylic acids is 1. The molecule has 2 aromatic carbocycles. The van der Waals surface area contributed by atoms with Crippen molar-refractivity contribution in [3.05, 3.63) is 64.6 Å². The normalized spacial score (nSPS) is 15.6. The van der Waals surface area contributed by atoms with Gasteiger partial charge in [0, 0.05) is 7.05 Å². The summed E-state index contributed by atoms with van der Waals surface area (Å²) in [5, 5.41) is 0. The summed E-state index contributed by atoms with van der Waals surface area (Å²) in [6, 6.07) is 15.5. The van der Waals surface area contributed by atoms with E-state index in [4.69, 9.17) is 21.7 Å². The quantitative estimate of drug-likeness (QED) is 0.421. The van der Waals surface area contributed by atoms with Crippen LogP contribution in [-0.2, 0) is 4.79 Å². The molecule has 0 atom stereocenters. The maximum Gasteiger partial charge on any atom is 0.265 e. The third-order valence-corrected chi connectivity index (χ3v) is 5.26. The van der Waals surface area contributed by atoms with Crippen molar-refractivity contribution in [2.45, 2.75) is 6.92 Å². The molecule has 0 N–H and O–H groups in total. The summed E-state index contributed by atoms with van der Waals surface area (Å²) in [5.74, 6) is 1.55. The lowest BCUT2D eigenvalue weighted by atomic mass is 10.2. The number of rotatable bonds is 6. The third kappa shape index (κ3) is 4.65. The summed E-state index contributed by atoms with van der Waals surface area (Å²) in [5.41, 5.74) is 2.10. The fraction of sp³-hybridized carbons (Fsp3) is 0.200. The summed E-state index contributed by atoms with van der Waals surface area (Å²) in [4.78, 5) is 14.1. The SMILES string of the molecule is Cc1cccc(OCCOc2ccc(/C=C3/SC(=S)N(C)C3=O)cc2)c1. The van der Waals surface area contributed by atoms with Gasteiger partial charge in [-0.15, -0.1) is 0 Å². The number of nitrogens with zero attached hydrogens (tertiary/aromatic N) is 1. The molecule has 1 saturated heterocycles. The van der Waals surface area contributed by atoms with Crippen molar-refractivity contribution >= 4 is 40.3 Å². The zero-order chi connectivity index (χ0) is 18.5. The summed E-state index contributed by atoms with van der Waals surface area (Å²) in [6.07, 6.45) is 1.84. The molecule has 1 heterocycles. The Bertz CT molecular complexity index is 846. The number of benzene rings is 2. The number of hydrogen-bond donors (Lipinski definition) is 0. The van der Waals surface area contributed by atoms with Crippen LogP contribution in [0, 0.1) is 6.92 Å². The molecular weight excluding hydrogens is 366 g/mol. The van der Waals surface area contributed by atoms with Gasteiger partial charge in [0.2, 0.25) is 0 Å². The second-order valence-corrected chi connectivity index (χ2v) is 7.50. The minimum Gasteiger partial charge on any atom is -0.490 e. The fourth-order valence-electron chi connectivity index (χ4n) is 2.38. The summed E-state index contributed by atoms with van der Waals surface area (Å²) >= 11 is 6.45. The highest BCUT2D eigenvalue weighted by molar-refractivity contribution is 8.26. The second kappa shape index (κ2) is 8.38. The first-order valence-corrected chi connectivity index (χ1v) is 9.39. The Morgan fingerprint density at radius 3 is 2.38 bits per heavy atom. The lowest BCUT2D eigenvalue weighted by Crippen LogP contribution is -2.22. The van der Waals surface area contributed by atoms with Crippen molar-refractivity contribution in [1.29, 1.82) is 0 Å². The van der Waals surface area contributed by atoms with E-state index in [-0.39, 0.29) is 5.91 Å². The van der Waals surface area contributed by atoms with Crippen LogP contribution in [0.5, 0.6) is 11.5 Å². The zero-order valence-electron chi connectivity index (χ0n) is 14.6. The van der Waals surface area contributed by atoms with E-state index in [1.165, 1.54) is 22.2 Å². The van der Waals surface area contributed by atoms with Crippen molar-refractivity contribution in [3.8, 4) is 11.5 Å². The first-order valence-electron chi connectivity index (χ1n) is 8.17. The van der Waals surface area contributed by atoms with Gasteiger partial charge in [0.05, 0.1) is 4.91 Å². The highest BCUT2D eigenvalue weighted by atomic mass is 32.2. The average molecular weight is 386 g/mol. The van der Waals surface area contributed by atoms with Gasteiger partial charge in [-0.05, 0) is 48.4 Å². The van der Waals surface area contributed by atoms with Gasteiger partial charge < -0.3 is 9.47 Å². The molecule has 0 bridgehead atoms. The molecule has 134 valence electrons. The van der Waals surface area contributed by atoms with E-state index in [1.807, 2.05) is 61.5 Å². The number of likely N-dealkylation sites (N-methyl/N-ethyl adjacent to an activating group) is 1. The Morgan fingerprint density at radius 1 is 1.08 bits per heavy atom. The predicted molar refractivity (Wildman–Crippen MR) is 110 cm³/mol. The number of aryl methyl sites for hydroxylation is 1. The van der Waals surface area contributed by atoms with Crippen molar-refractivity contribution in [2.24, 2.45) is 0 Å². The number of hydrogen-bond acceptors (Lipinski definition) is 5. The summed E-state index contributed by atoms with van der Waals surface area (Å²) in [6.45, 7) is 2.97. The van der Waals surface area contributed by atoms with Crippen molar-refractivity contribution < 1.29 is 14.3 Å². The summed E-state index contributed by atoms with van der Waals surface area (Å²) < 4.78 is 11.9. The largest absolute Gasteiger partial charge is 0.490 e. The van der Waals surface area contributed by atoms with Crippen molar-refractivity contribution in [3.63, 3.8) is 0 Å². The van der Waals surface area contributed by atoms with E-state index in [0.717, 1.165) is 17.1 Å². The van der Waals surface area contributed by atoms with Crippen molar-refractivity contribution in [2.75, 3.05) is 20.3 Å². The van der Waals surface area contributed by atoms with Gasteiger partial charge in [0.15, 0.2) is 0 Å². The van der Waals surface area contributed by atoms with Crippen LogP contribution in [0.25, 0.3) is 6.08 Å². The first kappa shape index (κ1) is 18.5. The Morgan fingerprint density at radius 2 is 1.77 bits per heavy atom. The fourth-order valence-corrected chi connectivity index (χ4v) is 3.56. The number of ether oxygens (including phenoxy) is 2. The smallest absolute Gasteiger partial charge is 0.265 e. The van der Waals surface area contributed by atoms with E-state index >= 15 is 0 Å². The molecule has 1 amide bonds. The van der Waals surface area contributed by atoms with E-state index in [9.17, 15) is 4.79 Å². The van der Waals surface area contributed by atoms with Gasteiger partial charge in [0.1, 0.15) is 29.0 Å². The van der Waals surface area contributed by atoms with Gasteiger partial charge in [-0.1, -0.05) is 48.2 Å². The molecule has 0 aromatic heterocycles. The molecule has 2 aromatic rings. The Kier molecular flexibility index (Phi) is 5.96. The van der Waals surface area contributed by atoms with E-state index in [0.29, 0.717) is 22.4 Å². The Hall–Kier alpha value is -2.31. The molecule has 26 heavy (non-hydrogen) atoms. The Balaban J connectivity index is 1.50. The minimum absolute atomic E-state index is 0.0615. The standard InChI is InChI=1S/C20H19NO3S2/c1-14-4-3-5-17(12-14)24-11-10-23-16-8-6-15(7-9-16)13-18-19(22)21(2)20(25)26-18/h3-9,12-13H,10-11H2,1-2H3/b18-13+. The van der Waals surface area contributed by atoms with Crippen LogP contribution in [-0.4, -0.2) is 35.4 Å². The molecule has 1 fully saturated rings. The van der Waals surface area contributed by atoms with E-state index in [1.54, 1.807) is 7.05 Å². The van der Waals surface area contributed by atoms with Gasteiger partial charge >= 0.3 is 0 Å². The first-order chi connectivity index (χ1) is 12.5. The number of carbonyl (C=O) groups is 1. The van der Waals surface area contributed by atoms with Crippen LogP contribution in [0.2, 0.25) is 0 Å². The molecule has 6 heteroatoms. The lowest BCUT2D eigenvalue weighted by Gasteiger charge is -2.09. The van der Waals surface area contributed by atoms with Gasteiger partial charge in [-0.2, -0.15) is 0 Å².